The van der Waals surface area contributed by atoms with Gasteiger partial charge in [-0.15, -0.1) is 12.4 Å². The first kappa shape index (κ1) is 17.9. The highest BCUT2D eigenvalue weighted by Gasteiger charge is 2.35. The van der Waals surface area contributed by atoms with Crippen LogP contribution in [-0.2, 0) is 11.2 Å². The summed E-state index contributed by atoms with van der Waals surface area (Å²) >= 11 is 0. The van der Waals surface area contributed by atoms with E-state index in [2.05, 4.69) is 5.32 Å². The summed E-state index contributed by atoms with van der Waals surface area (Å²) in [4.78, 5) is 12.3. The van der Waals surface area contributed by atoms with Crippen LogP contribution in [0.4, 0.5) is 4.39 Å². The molecule has 21 heavy (non-hydrogen) atoms. The summed E-state index contributed by atoms with van der Waals surface area (Å²) in [5, 5.41) is 2.94. The molecule has 1 fully saturated rings. The van der Waals surface area contributed by atoms with Crippen molar-refractivity contribution in [2.24, 2.45) is 5.73 Å². The molecule has 1 amide bonds. The minimum Gasteiger partial charge on any atom is -0.352 e. The maximum absolute atomic E-state index is 13.6. The average molecular weight is 315 g/mol. The molecule has 5 heteroatoms. The van der Waals surface area contributed by atoms with Crippen molar-refractivity contribution in [2.45, 2.75) is 57.0 Å². The van der Waals surface area contributed by atoms with Crippen LogP contribution in [0, 0.1) is 5.82 Å². The van der Waals surface area contributed by atoms with Crippen LogP contribution in [-0.4, -0.2) is 17.5 Å². The average Bonchev–Trinajstić information content (AvgIpc) is 2.42. The zero-order valence-electron chi connectivity index (χ0n) is 12.4. The zero-order valence-corrected chi connectivity index (χ0v) is 13.2. The Bertz CT molecular complexity index is 475. The van der Waals surface area contributed by atoms with Gasteiger partial charge in [-0.3, -0.25) is 4.79 Å². The number of nitrogens with one attached hydrogen (secondary N) is 1. The van der Waals surface area contributed by atoms with Crippen molar-refractivity contribution in [3.63, 3.8) is 0 Å². The fourth-order valence-corrected chi connectivity index (χ4v) is 2.82. The van der Waals surface area contributed by atoms with Gasteiger partial charge >= 0.3 is 0 Å². The fourth-order valence-electron chi connectivity index (χ4n) is 2.82. The Morgan fingerprint density at radius 1 is 1.33 bits per heavy atom. The van der Waals surface area contributed by atoms with E-state index in [1.807, 2.05) is 6.92 Å². The van der Waals surface area contributed by atoms with Crippen LogP contribution in [0.1, 0.15) is 44.6 Å². The molecule has 1 aliphatic rings. The lowest BCUT2D eigenvalue weighted by molar-refractivity contribution is -0.128. The van der Waals surface area contributed by atoms with Crippen LogP contribution in [0.2, 0.25) is 0 Å². The lowest BCUT2D eigenvalue weighted by Crippen LogP contribution is -2.56. The third-order valence-electron chi connectivity index (χ3n) is 4.06. The highest BCUT2D eigenvalue weighted by atomic mass is 35.5. The largest absolute Gasteiger partial charge is 0.352 e. The summed E-state index contributed by atoms with van der Waals surface area (Å²) in [6.07, 6.45) is 5.12. The van der Waals surface area contributed by atoms with Crippen molar-refractivity contribution in [3.05, 3.63) is 35.6 Å². The summed E-state index contributed by atoms with van der Waals surface area (Å²) in [6.45, 7) is 1.89. The lowest BCUT2D eigenvalue weighted by atomic mass is 9.81. The molecule has 0 bridgehead atoms. The first-order valence-electron chi connectivity index (χ1n) is 7.34. The summed E-state index contributed by atoms with van der Waals surface area (Å²) in [7, 11) is 0. The van der Waals surface area contributed by atoms with Crippen LogP contribution in [0.25, 0.3) is 0 Å². The van der Waals surface area contributed by atoms with Gasteiger partial charge in [-0.2, -0.15) is 0 Å². The van der Waals surface area contributed by atoms with Gasteiger partial charge in [0.1, 0.15) is 5.82 Å². The summed E-state index contributed by atoms with van der Waals surface area (Å²) < 4.78 is 13.6. The molecule has 1 saturated carbocycles. The second-order valence-corrected chi connectivity index (χ2v) is 5.89. The van der Waals surface area contributed by atoms with Gasteiger partial charge in [0.2, 0.25) is 5.91 Å². The molecule has 118 valence electrons. The third-order valence-corrected chi connectivity index (χ3v) is 4.06. The zero-order chi connectivity index (χ0) is 14.6. The van der Waals surface area contributed by atoms with Crippen molar-refractivity contribution >= 4 is 18.3 Å². The molecule has 1 aromatic rings. The van der Waals surface area contributed by atoms with E-state index in [1.54, 1.807) is 18.2 Å². The Labute approximate surface area is 131 Å². The van der Waals surface area contributed by atoms with E-state index < -0.39 is 5.54 Å². The number of carbonyl (C=O) groups is 1. The number of hydrogen-bond donors (Lipinski definition) is 2. The first-order valence-corrected chi connectivity index (χ1v) is 7.34. The molecule has 0 radical (unpaired) electrons. The minimum absolute atomic E-state index is 0. The quantitative estimate of drug-likeness (QED) is 0.897. The van der Waals surface area contributed by atoms with E-state index in [9.17, 15) is 9.18 Å². The van der Waals surface area contributed by atoms with Crippen molar-refractivity contribution in [1.82, 2.24) is 5.32 Å². The van der Waals surface area contributed by atoms with Crippen molar-refractivity contribution in [1.29, 1.82) is 0 Å². The lowest BCUT2D eigenvalue weighted by Gasteiger charge is -2.33. The number of rotatable bonds is 4. The Kier molecular flexibility index (Phi) is 6.62. The van der Waals surface area contributed by atoms with Gasteiger partial charge in [-0.25, -0.2) is 4.39 Å². The van der Waals surface area contributed by atoms with Gasteiger partial charge in [0.25, 0.3) is 0 Å². The van der Waals surface area contributed by atoms with E-state index in [4.69, 9.17) is 5.73 Å². The molecule has 3 nitrogen and oxygen atoms in total. The van der Waals surface area contributed by atoms with Gasteiger partial charge in [0.05, 0.1) is 5.54 Å². The monoisotopic (exact) mass is 314 g/mol. The van der Waals surface area contributed by atoms with E-state index in [0.717, 1.165) is 32.1 Å². The van der Waals surface area contributed by atoms with Gasteiger partial charge < -0.3 is 11.1 Å². The molecule has 0 saturated heterocycles. The molecular weight excluding hydrogens is 291 g/mol. The highest BCUT2D eigenvalue weighted by Crippen LogP contribution is 2.26. The predicted octanol–water partition coefficient (Wildman–Crippen LogP) is 2.96. The molecule has 1 unspecified atom stereocenters. The fraction of sp³-hybridized carbons (Fsp3) is 0.562. The second kappa shape index (κ2) is 7.76. The summed E-state index contributed by atoms with van der Waals surface area (Å²) in [5.74, 6) is -0.324. The van der Waals surface area contributed by atoms with E-state index >= 15 is 0 Å². The second-order valence-electron chi connectivity index (χ2n) is 5.89. The van der Waals surface area contributed by atoms with Gasteiger partial charge in [-0.1, -0.05) is 37.5 Å². The molecule has 1 aromatic carbocycles. The van der Waals surface area contributed by atoms with Crippen molar-refractivity contribution < 1.29 is 9.18 Å². The molecule has 3 N–H and O–H groups in total. The molecule has 0 aliphatic heterocycles. The third kappa shape index (κ3) is 4.68. The number of amides is 1. The SMILES string of the molecule is CC(Cc1ccccc1F)NC(=O)C1(N)CCCCC1.Cl. The molecule has 0 heterocycles. The summed E-state index contributed by atoms with van der Waals surface area (Å²) in [5.41, 5.74) is 6.07. The first-order chi connectivity index (χ1) is 9.51. The summed E-state index contributed by atoms with van der Waals surface area (Å²) in [6, 6.07) is 6.53. The van der Waals surface area contributed by atoms with Crippen molar-refractivity contribution in [3.8, 4) is 0 Å². The number of nitrogens with two attached hydrogens (primary N) is 1. The maximum atomic E-state index is 13.6. The molecule has 0 aromatic heterocycles. The van der Waals surface area contributed by atoms with E-state index in [0.29, 0.717) is 12.0 Å². The molecule has 1 aliphatic carbocycles. The van der Waals surface area contributed by atoms with E-state index in [1.165, 1.54) is 6.07 Å². The van der Waals surface area contributed by atoms with Crippen LogP contribution in [0.5, 0.6) is 0 Å². The molecule has 2 rings (SSSR count). The topological polar surface area (TPSA) is 55.1 Å². The minimum atomic E-state index is -0.734. The number of benzene rings is 1. The number of halogens is 2. The Morgan fingerprint density at radius 2 is 1.95 bits per heavy atom. The smallest absolute Gasteiger partial charge is 0.240 e. The highest BCUT2D eigenvalue weighted by molar-refractivity contribution is 5.86. The van der Waals surface area contributed by atoms with Crippen LogP contribution in [0.3, 0.4) is 0 Å². The van der Waals surface area contributed by atoms with E-state index in [-0.39, 0.29) is 30.2 Å². The molecule has 0 spiro atoms. The Morgan fingerprint density at radius 3 is 2.57 bits per heavy atom. The van der Waals surface area contributed by atoms with Gasteiger partial charge in [-0.05, 0) is 37.8 Å². The Balaban J connectivity index is 0.00000220. The Hall–Kier alpha value is -1.13. The van der Waals surface area contributed by atoms with Gasteiger partial charge in [0, 0.05) is 6.04 Å². The van der Waals surface area contributed by atoms with Crippen molar-refractivity contribution in [2.75, 3.05) is 0 Å². The maximum Gasteiger partial charge on any atom is 0.240 e. The number of carbonyl (C=O) groups excluding carboxylic acids is 1. The molecule has 1 atom stereocenters. The van der Waals surface area contributed by atoms with Crippen LogP contribution in [0.15, 0.2) is 24.3 Å². The van der Waals surface area contributed by atoms with Gasteiger partial charge in [0.15, 0.2) is 0 Å². The number of hydrogen-bond acceptors (Lipinski definition) is 2. The van der Waals surface area contributed by atoms with Crippen LogP contribution >= 0.6 is 12.4 Å². The normalized spacial score (nSPS) is 18.4. The standard InChI is InChI=1S/C16H23FN2O.ClH/c1-12(11-13-7-3-4-8-14(13)17)19-15(20)16(18)9-5-2-6-10-16;/h3-4,7-8,12H,2,5-6,9-11,18H2,1H3,(H,19,20);1H. The molecular formula is C16H24ClFN2O. The predicted molar refractivity (Wildman–Crippen MR) is 85.0 cm³/mol. The van der Waals surface area contributed by atoms with Crippen LogP contribution < -0.4 is 11.1 Å².